The van der Waals surface area contributed by atoms with E-state index in [1.54, 1.807) is 35.2 Å². The van der Waals surface area contributed by atoms with Crippen molar-refractivity contribution in [2.24, 2.45) is 5.92 Å². The molecule has 0 unspecified atom stereocenters. The van der Waals surface area contributed by atoms with Gasteiger partial charge < -0.3 is 4.90 Å². The predicted molar refractivity (Wildman–Crippen MR) is 117 cm³/mol. The molecule has 6 heteroatoms. The fourth-order valence-corrected chi connectivity index (χ4v) is 5.08. The molecule has 3 rings (SSSR count). The van der Waals surface area contributed by atoms with Crippen molar-refractivity contribution in [2.45, 2.75) is 45.4 Å². The highest BCUT2D eigenvalue weighted by molar-refractivity contribution is 7.92. The van der Waals surface area contributed by atoms with Crippen LogP contribution in [0.15, 0.2) is 47.4 Å². The summed E-state index contributed by atoms with van der Waals surface area (Å²) >= 11 is 0. The number of hydrogen-bond donors (Lipinski definition) is 0. The Labute approximate surface area is 174 Å². The van der Waals surface area contributed by atoms with Gasteiger partial charge in [0.15, 0.2) is 0 Å². The summed E-state index contributed by atoms with van der Waals surface area (Å²) in [5.41, 5.74) is 3.58. The van der Waals surface area contributed by atoms with Gasteiger partial charge in [-0.1, -0.05) is 30.7 Å². The highest BCUT2D eigenvalue weighted by Crippen LogP contribution is 2.27. The number of rotatable bonds is 5. The first-order valence-electron chi connectivity index (χ1n) is 10.1. The van der Waals surface area contributed by atoms with E-state index in [0.29, 0.717) is 24.7 Å². The molecule has 1 amide bonds. The van der Waals surface area contributed by atoms with Gasteiger partial charge in [-0.15, -0.1) is 0 Å². The number of nitrogens with zero attached hydrogens (tertiary/aromatic N) is 2. The summed E-state index contributed by atoms with van der Waals surface area (Å²) in [6.07, 6.45) is 2.06. The van der Waals surface area contributed by atoms with Crippen LogP contribution in [-0.4, -0.2) is 38.9 Å². The number of carbonyl (C=O) groups excluding carboxylic acids is 1. The van der Waals surface area contributed by atoms with E-state index in [1.165, 1.54) is 4.31 Å². The number of hydrogen-bond acceptors (Lipinski definition) is 3. The molecule has 1 heterocycles. The van der Waals surface area contributed by atoms with Crippen molar-refractivity contribution in [2.75, 3.05) is 23.9 Å². The topological polar surface area (TPSA) is 57.7 Å². The standard InChI is InChI=1S/C23H30N2O3S/c1-17-7-11-22(12-8-17)29(27,28)25(21-10-9-19(3)20(4)14-21)16-23(26)24-13-5-6-18(2)15-24/h7-12,14,18H,5-6,13,15-16H2,1-4H3/t18-/m1/s1. The summed E-state index contributed by atoms with van der Waals surface area (Å²) in [5.74, 6) is 0.293. The van der Waals surface area contributed by atoms with Gasteiger partial charge in [0.25, 0.3) is 10.0 Å². The number of anilines is 1. The molecule has 2 aromatic carbocycles. The zero-order chi connectivity index (χ0) is 21.2. The molecule has 1 saturated heterocycles. The number of likely N-dealkylation sites (tertiary alicyclic amines) is 1. The lowest BCUT2D eigenvalue weighted by Crippen LogP contribution is -2.46. The van der Waals surface area contributed by atoms with Gasteiger partial charge in [-0.05, 0) is 74.9 Å². The van der Waals surface area contributed by atoms with Crippen LogP contribution >= 0.6 is 0 Å². The molecule has 0 aliphatic carbocycles. The fraction of sp³-hybridized carbons (Fsp3) is 0.435. The van der Waals surface area contributed by atoms with Crippen molar-refractivity contribution in [1.82, 2.24) is 4.90 Å². The van der Waals surface area contributed by atoms with Crippen LogP contribution in [-0.2, 0) is 14.8 Å². The normalized spacial score (nSPS) is 17.2. The lowest BCUT2D eigenvalue weighted by Gasteiger charge is -2.33. The number of benzene rings is 2. The van der Waals surface area contributed by atoms with Crippen LogP contribution in [0, 0.1) is 26.7 Å². The summed E-state index contributed by atoms with van der Waals surface area (Å²) in [4.78, 5) is 15.0. The van der Waals surface area contributed by atoms with Gasteiger partial charge in [-0.25, -0.2) is 8.42 Å². The van der Waals surface area contributed by atoms with Crippen molar-refractivity contribution in [1.29, 1.82) is 0 Å². The first-order chi connectivity index (χ1) is 13.7. The van der Waals surface area contributed by atoms with Gasteiger partial charge in [-0.2, -0.15) is 0 Å². The van der Waals surface area contributed by atoms with E-state index in [0.717, 1.165) is 29.5 Å². The Hall–Kier alpha value is -2.34. The molecule has 1 fully saturated rings. The van der Waals surface area contributed by atoms with E-state index < -0.39 is 10.0 Å². The maximum Gasteiger partial charge on any atom is 0.264 e. The molecule has 1 aliphatic heterocycles. The minimum absolute atomic E-state index is 0.148. The molecular formula is C23H30N2O3S. The van der Waals surface area contributed by atoms with Crippen molar-refractivity contribution in [3.05, 3.63) is 59.2 Å². The second-order valence-electron chi connectivity index (χ2n) is 8.18. The molecule has 156 valence electrons. The third kappa shape index (κ3) is 4.81. The molecule has 0 spiro atoms. The number of aryl methyl sites for hydroxylation is 3. The maximum absolute atomic E-state index is 13.5. The molecule has 1 atom stereocenters. The van der Waals surface area contributed by atoms with Crippen LogP contribution in [0.5, 0.6) is 0 Å². The molecular weight excluding hydrogens is 384 g/mol. The molecule has 0 aromatic heterocycles. The lowest BCUT2D eigenvalue weighted by molar-refractivity contribution is -0.131. The van der Waals surface area contributed by atoms with E-state index in [1.807, 2.05) is 32.9 Å². The quantitative estimate of drug-likeness (QED) is 0.741. The summed E-state index contributed by atoms with van der Waals surface area (Å²) < 4.78 is 28.2. The molecule has 1 aliphatic rings. The first kappa shape index (κ1) is 21.4. The summed E-state index contributed by atoms with van der Waals surface area (Å²) in [5, 5.41) is 0. The summed E-state index contributed by atoms with van der Waals surface area (Å²) in [6.45, 7) is 9.16. The van der Waals surface area contributed by atoms with E-state index in [-0.39, 0.29) is 17.3 Å². The third-order valence-electron chi connectivity index (χ3n) is 5.68. The van der Waals surface area contributed by atoms with E-state index in [2.05, 4.69) is 6.92 Å². The summed E-state index contributed by atoms with van der Waals surface area (Å²) in [6, 6.07) is 12.3. The number of carbonyl (C=O) groups is 1. The van der Waals surface area contributed by atoms with Crippen molar-refractivity contribution >= 4 is 21.6 Å². The largest absolute Gasteiger partial charge is 0.341 e. The zero-order valence-electron chi connectivity index (χ0n) is 17.7. The Morgan fingerprint density at radius 3 is 2.38 bits per heavy atom. The van der Waals surface area contributed by atoms with Gasteiger partial charge >= 0.3 is 0 Å². The van der Waals surface area contributed by atoms with Gasteiger partial charge in [0.05, 0.1) is 10.6 Å². The van der Waals surface area contributed by atoms with Crippen LogP contribution < -0.4 is 4.31 Å². The molecule has 0 saturated carbocycles. The Kier molecular flexibility index (Phi) is 6.32. The highest BCUT2D eigenvalue weighted by Gasteiger charge is 2.30. The minimum atomic E-state index is -3.86. The highest BCUT2D eigenvalue weighted by atomic mass is 32.2. The van der Waals surface area contributed by atoms with Crippen molar-refractivity contribution in [3.63, 3.8) is 0 Å². The van der Waals surface area contributed by atoms with Crippen LogP contribution in [0.3, 0.4) is 0 Å². The van der Waals surface area contributed by atoms with Gasteiger partial charge in [0.2, 0.25) is 5.91 Å². The maximum atomic E-state index is 13.5. The molecule has 0 N–H and O–H groups in total. The van der Waals surface area contributed by atoms with Crippen LogP contribution in [0.4, 0.5) is 5.69 Å². The zero-order valence-corrected chi connectivity index (χ0v) is 18.5. The Morgan fingerprint density at radius 2 is 1.76 bits per heavy atom. The second-order valence-corrected chi connectivity index (χ2v) is 10.0. The summed E-state index contributed by atoms with van der Waals surface area (Å²) in [7, 11) is -3.86. The Balaban J connectivity index is 1.98. The van der Waals surface area contributed by atoms with Crippen LogP contribution in [0.1, 0.15) is 36.5 Å². The average Bonchev–Trinajstić information content (AvgIpc) is 2.68. The van der Waals surface area contributed by atoms with Gasteiger partial charge in [0, 0.05) is 13.1 Å². The molecule has 29 heavy (non-hydrogen) atoms. The minimum Gasteiger partial charge on any atom is -0.341 e. The predicted octanol–water partition coefficient (Wildman–Crippen LogP) is 4.07. The Bertz CT molecular complexity index is 984. The second kappa shape index (κ2) is 8.57. The molecule has 0 bridgehead atoms. The number of sulfonamides is 1. The average molecular weight is 415 g/mol. The smallest absolute Gasteiger partial charge is 0.264 e. The van der Waals surface area contributed by atoms with Gasteiger partial charge in [-0.3, -0.25) is 9.10 Å². The number of piperidine rings is 1. The molecule has 2 aromatic rings. The lowest BCUT2D eigenvalue weighted by atomic mass is 10.0. The van der Waals surface area contributed by atoms with Crippen LogP contribution in [0.25, 0.3) is 0 Å². The molecule has 5 nitrogen and oxygen atoms in total. The first-order valence-corrected chi connectivity index (χ1v) is 11.6. The number of amides is 1. The Morgan fingerprint density at radius 1 is 1.07 bits per heavy atom. The molecule has 0 radical (unpaired) electrons. The van der Waals surface area contributed by atoms with Crippen molar-refractivity contribution in [3.8, 4) is 0 Å². The fourth-order valence-electron chi connectivity index (χ4n) is 3.67. The SMILES string of the molecule is Cc1ccc(S(=O)(=O)N(CC(=O)N2CCC[C@@H](C)C2)c2ccc(C)c(C)c2)cc1. The van der Waals surface area contributed by atoms with Crippen LogP contribution in [0.2, 0.25) is 0 Å². The van der Waals surface area contributed by atoms with E-state index in [4.69, 9.17) is 0 Å². The third-order valence-corrected chi connectivity index (χ3v) is 7.46. The van der Waals surface area contributed by atoms with Crippen molar-refractivity contribution < 1.29 is 13.2 Å². The monoisotopic (exact) mass is 414 g/mol. The van der Waals surface area contributed by atoms with Gasteiger partial charge in [0.1, 0.15) is 6.54 Å². The van der Waals surface area contributed by atoms with E-state index in [9.17, 15) is 13.2 Å². The van der Waals surface area contributed by atoms with E-state index >= 15 is 0 Å².